The van der Waals surface area contributed by atoms with Crippen molar-refractivity contribution in [3.63, 3.8) is 0 Å². The first-order valence-corrected chi connectivity index (χ1v) is 5.25. The molecular formula is C11H13ClO3. The third-order valence-corrected chi connectivity index (χ3v) is 2.09. The van der Waals surface area contributed by atoms with E-state index in [-0.39, 0.29) is 6.42 Å². The highest BCUT2D eigenvalue weighted by Gasteiger charge is 2.00. The summed E-state index contributed by atoms with van der Waals surface area (Å²) < 4.78 is 5.37. The number of alkyl halides is 1. The van der Waals surface area contributed by atoms with Crippen LogP contribution in [0.25, 0.3) is 0 Å². The Morgan fingerprint density at radius 1 is 1.33 bits per heavy atom. The summed E-state index contributed by atoms with van der Waals surface area (Å²) in [5.41, 5.74) is 0.771. The number of carbonyl (C=O) groups is 1. The van der Waals surface area contributed by atoms with Gasteiger partial charge >= 0.3 is 5.97 Å². The van der Waals surface area contributed by atoms with Crippen LogP contribution >= 0.6 is 11.6 Å². The molecule has 0 heterocycles. The van der Waals surface area contributed by atoms with Crippen LogP contribution in [0.4, 0.5) is 0 Å². The highest BCUT2D eigenvalue weighted by Crippen LogP contribution is 2.12. The van der Waals surface area contributed by atoms with E-state index in [4.69, 9.17) is 21.4 Å². The van der Waals surface area contributed by atoms with Crippen molar-refractivity contribution in [2.45, 2.75) is 12.8 Å². The molecule has 15 heavy (non-hydrogen) atoms. The Morgan fingerprint density at radius 3 is 2.53 bits per heavy atom. The lowest BCUT2D eigenvalue weighted by molar-refractivity contribution is -0.136. The Labute approximate surface area is 93.6 Å². The van der Waals surface area contributed by atoms with Crippen molar-refractivity contribution in [1.29, 1.82) is 0 Å². The topological polar surface area (TPSA) is 46.5 Å². The lowest BCUT2D eigenvalue weighted by Gasteiger charge is -2.05. The first kappa shape index (κ1) is 11.9. The number of hydrogen-bond acceptors (Lipinski definition) is 2. The van der Waals surface area contributed by atoms with Gasteiger partial charge < -0.3 is 9.84 Å². The number of carboxylic acids is 1. The SMILES string of the molecule is O=C(O)Cc1ccc(OCCCCl)cc1. The highest BCUT2D eigenvalue weighted by molar-refractivity contribution is 6.17. The normalized spacial score (nSPS) is 9.93. The van der Waals surface area contributed by atoms with Crippen molar-refractivity contribution in [3.8, 4) is 5.75 Å². The zero-order chi connectivity index (χ0) is 11.1. The van der Waals surface area contributed by atoms with Gasteiger partial charge in [-0.15, -0.1) is 11.6 Å². The molecule has 1 aromatic rings. The summed E-state index contributed by atoms with van der Waals surface area (Å²) in [6.07, 6.45) is 0.848. The zero-order valence-corrected chi connectivity index (χ0v) is 9.04. The zero-order valence-electron chi connectivity index (χ0n) is 8.28. The number of carboxylic acid groups (broad SMARTS) is 1. The van der Waals surface area contributed by atoms with E-state index >= 15 is 0 Å². The van der Waals surface area contributed by atoms with Crippen LogP contribution in [0.1, 0.15) is 12.0 Å². The number of rotatable bonds is 6. The van der Waals surface area contributed by atoms with E-state index in [0.717, 1.165) is 17.7 Å². The van der Waals surface area contributed by atoms with Crippen LogP contribution in [0, 0.1) is 0 Å². The van der Waals surface area contributed by atoms with Crippen molar-refractivity contribution in [2.24, 2.45) is 0 Å². The summed E-state index contributed by atoms with van der Waals surface area (Å²) in [4.78, 5) is 10.4. The second kappa shape index (κ2) is 6.30. The highest BCUT2D eigenvalue weighted by atomic mass is 35.5. The molecule has 0 bridgehead atoms. The van der Waals surface area contributed by atoms with Crippen molar-refractivity contribution in [3.05, 3.63) is 29.8 Å². The molecule has 0 spiro atoms. The first-order valence-electron chi connectivity index (χ1n) is 4.72. The lowest BCUT2D eigenvalue weighted by atomic mass is 10.1. The minimum Gasteiger partial charge on any atom is -0.494 e. The lowest BCUT2D eigenvalue weighted by Crippen LogP contribution is -2.01. The second-order valence-corrected chi connectivity index (χ2v) is 3.48. The van der Waals surface area contributed by atoms with Crippen LogP contribution in [0.15, 0.2) is 24.3 Å². The maximum absolute atomic E-state index is 10.4. The van der Waals surface area contributed by atoms with Gasteiger partial charge in [-0.25, -0.2) is 0 Å². The van der Waals surface area contributed by atoms with Gasteiger partial charge in [-0.3, -0.25) is 4.79 Å². The minimum atomic E-state index is -0.828. The van der Waals surface area contributed by atoms with Gasteiger partial charge in [-0.05, 0) is 24.1 Å². The molecule has 1 rings (SSSR count). The Balaban J connectivity index is 2.45. The van der Waals surface area contributed by atoms with Gasteiger partial charge in [0.25, 0.3) is 0 Å². The molecule has 0 aliphatic heterocycles. The predicted octanol–water partition coefficient (Wildman–Crippen LogP) is 2.32. The van der Waals surface area contributed by atoms with Crippen molar-refractivity contribution in [2.75, 3.05) is 12.5 Å². The Kier molecular flexibility index (Phi) is 4.98. The largest absolute Gasteiger partial charge is 0.494 e. The molecule has 1 N–H and O–H groups in total. The molecule has 4 heteroatoms. The molecule has 0 saturated carbocycles. The number of halogens is 1. The van der Waals surface area contributed by atoms with Gasteiger partial charge in [0.1, 0.15) is 5.75 Å². The van der Waals surface area contributed by atoms with E-state index < -0.39 is 5.97 Å². The van der Waals surface area contributed by atoms with E-state index in [2.05, 4.69) is 0 Å². The van der Waals surface area contributed by atoms with Gasteiger partial charge in [-0.2, -0.15) is 0 Å². The molecule has 0 aliphatic rings. The summed E-state index contributed by atoms with van der Waals surface area (Å²) in [7, 11) is 0. The summed E-state index contributed by atoms with van der Waals surface area (Å²) in [6, 6.07) is 7.05. The number of aliphatic carboxylic acids is 1. The summed E-state index contributed by atoms with van der Waals surface area (Å²) in [5.74, 6) is 0.497. The molecule has 1 aromatic carbocycles. The number of benzene rings is 1. The number of ether oxygens (including phenoxy) is 1. The fourth-order valence-corrected chi connectivity index (χ4v) is 1.23. The van der Waals surface area contributed by atoms with E-state index in [1.54, 1.807) is 24.3 Å². The standard InChI is InChI=1S/C11H13ClO3/c12-6-1-7-15-10-4-2-9(3-5-10)8-11(13)14/h2-5H,1,6-8H2,(H,13,14). The average Bonchev–Trinajstić information content (AvgIpc) is 2.20. The molecule has 3 nitrogen and oxygen atoms in total. The van der Waals surface area contributed by atoms with E-state index in [1.807, 2.05) is 0 Å². The monoisotopic (exact) mass is 228 g/mol. The van der Waals surface area contributed by atoms with Crippen LogP contribution < -0.4 is 4.74 Å². The predicted molar refractivity (Wildman–Crippen MR) is 58.6 cm³/mol. The summed E-state index contributed by atoms with van der Waals surface area (Å²) in [5, 5.41) is 8.56. The Bertz CT molecular complexity index is 308. The van der Waals surface area contributed by atoms with Gasteiger partial charge in [-0.1, -0.05) is 12.1 Å². The maximum atomic E-state index is 10.4. The molecule has 82 valence electrons. The fourth-order valence-electron chi connectivity index (χ4n) is 1.12. The molecule has 0 radical (unpaired) electrons. The molecule has 0 saturated heterocycles. The second-order valence-electron chi connectivity index (χ2n) is 3.11. The molecule has 0 unspecified atom stereocenters. The summed E-state index contributed by atoms with van der Waals surface area (Å²) >= 11 is 5.51. The van der Waals surface area contributed by atoms with Gasteiger partial charge in [0.2, 0.25) is 0 Å². The van der Waals surface area contributed by atoms with E-state index in [0.29, 0.717) is 12.5 Å². The third-order valence-electron chi connectivity index (χ3n) is 1.83. The van der Waals surface area contributed by atoms with Crippen LogP contribution in [0.2, 0.25) is 0 Å². The smallest absolute Gasteiger partial charge is 0.307 e. The number of hydrogen-bond donors (Lipinski definition) is 1. The molecule has 0 aromatic heterocycles. The minimum absolute atomic E-state index is 0.0436. The third kappa shape index (κ3) is 4.70. The molecule has 0 aliphatic carbocycles. The van der Waals surface area contributed by atoms with E-state index in [9.17, 15) is 4.79 Å². The van der Waals surface area contributed by atoms with Crippen LogP contribution in [0.5, 0.6) is 5.75 Å². The fraction of sp³-hybridized carbons (Fsp3) is 0.364. The van der Waals surface area contributed by atoms with Gasteiger partial charge in [0.15, 0.2) is 0 Å². The molecule has 0 atom stereocenters. The van der Waals surface area contributed by atoms with E-state index in [1.165, 1.54) is 0 Å². The molecule has 0 fully saturated rings. The molecule has 0 amide bonds. The van der Waals surface area contributed by atoms with Gasteiger partial charge in [0, 0.05) is 5.88 Å². The van der Waals surface area contributed by atoms with Gasteiger partial charge in [0.05, 0.1) is 13.0 Å². The van der Waals surface area contributed by atoms with Crippen molar-refractivity contribution >= 4 is 17.6 Å². The average molecular weight is 229 g/mol. The quantitative estimate of drug-likeness (QED) is 0.601. The van der Waals surface area contributed by atoms with Crippen LogP contribution in [0.3, 0.4) is 0 Å². The Hall–Kier alpha value is -1.22. The van der Waals surface area contributed by atoms with Crippen molar-refractivity contribution < 1.29 is 14.6 Å². The Morgan fingerprint density at radius 2 is 2.00 bits per heavy atom. The molecular weight excluding hydrogens is 216 g/mol. The van der Waals surface area contributed by atoms with Crippen LogP contribution in [-0.4, -0.2) is 23.6 Å². The van der Waals surface area contributed by atoms with Crippen molar-refractivity contribution in [1.82, 2.24) is 0 Å². The van der Waals surface area contributed by atoms with Crippen LogP contribution in [-0.2, 0) is 11.2 Å². The summed E-state index contributed by atoms with van der Waals surface area (Å²) in [6.45, 7) is 0.585. The first-order chi connectivity index (χ1) is 7.22. The maximum Gasteiger partial charge on any atom is 0.307 e.